The van der Waals surface area contributed by atoms with Crippen molar-refractivity contribution in [2.75, 3.05) is 0 Å². The zero-order valence-corrected chi connectivity index (χ0v) is 26.1. The molecule has 0 aliphatic heterocycles. The van der Waals surface area contributed by atoms with E-state index in [0.29, 0.717) is 5.82 Å². The Bertz CT molecular complexity index is 2590. The Morgan fingerprint density at radius 2 is 0.896 bits per heavy atom. The van der Waals surface area contributed by atoms with Crippen LogP contribution in [-0.2, 0) is 0 Å². The van der Waals surface area contributed by atoms with Crippen LogP contribution in [0.5, 0.6) is 0 Å². The maximum atomic E-state index is 5.25. The predicted octanol–water partition coefficient (Wildman–Crippen LogP) is 11.7. The summed E-state index contributed by atoms with van der Waals surface area (Å²) < 4.78 is 0. The Morgan fingerprint density at radius 1 is 0.333 bits per heavy atom. The summed E-state index contributed by atoms with van der Waals surface area (Å²) in [6, 6.07) is 57.9. The van der Waals surface area contributed by atoms with Gasteiger partial charge in [0.25, 0.3) is 0 Å². The Hall–Kier alpha value is -6.45. The summed E-state index contributed by atoms with van der Waals surface area (Å²) in [5.41, 5.74) is 9.50. The molecule has 0 atom stereocenters. The van der Waals surface area contributed by atoms with E-state index in [9.17, 15) is 0 Å². The normalized spacial score (nSPS) is 11.3. The van der Waals surface area contributed by atoms with E-state index in [1.165, 1.54) is 26.9 Å². The molecule has 0 aliphatic rings. The number of aromatic nitrogens is 3. The lowest BCUT2D eigenvalue weighted by atomic mass is 9.96. The fourth-order valence-electron chi connectivity index (χ4n) is 6.67. The Kier molecular flexibility index (Phi) is 6.80. The molecule has 0 aliphatic carbocycles. The standard InChI is InChI=1S/C45H29N3/c1-2-9-35-26-37(24-21-30(35)8-1)44-28-43(34-22-19-32(20-23-34)31-15-17-33(18-16-31)38-11-7-25-46-29-38)47-45(48-44)42-27-36-10-3-4-12-39(36)40-13-5-6-14-41(40)42/h1-29H. The van der Waals surface area contributed by atoms with Crippen molar-refractivity contribution in [3.05, 3.63) is 176 Å². The van der Waals surface area contributed by atoms with Gasteiger partial charge in [0.2, 0.25) is 0 Å². The minimum atomic E-state index is 0.715. The number of pyridine rings is 1. The van der Waals surface area contributed by atoms with Gasteiger partial charge in [0.15, 0.2) is 5.82 Å². The average Bonchev–Trinajstić information content (AvgIpc) is 3.17. The highest BCUT2D eigenvalue weighted by Gasteiger charge is 2.15. The third-order valence-corrected chi connectivity index (χ3v) is 9.17. The monoisotopic (exact) mass is 611 g/mol. The summed E-state index contributed by atoms with van der Waals surface area (Å²) in [4.78, 5) is 14.8. The number of hydrogen-bond donors (Lipinski definition) is 0. The molecule has 48 heavy (non-hydrogen) atoms. The number of nitrogens with zero attached hydrogens (tertiary/aromatic N) is 3. The van der Waals surface area contributed by atoms with Gasteiger partial charge in [0.05, 0.1) is 11.4 Å². The third kappa shape index (κ3) is 5.08. The van der Waals surface area contributed by atoms with E-state index >= 15 is 0 Å². The summed E-state index contributed by atoms with van der Waals surface area (Å²) in [6.07, 6.45) is 3.70. The van der Waals surface area contributed by atoms with Gasteiger partial charge >= 0.3 is 0 Å². The van der Waals surface area contributed by atoms with Crippen molar-refractivity contribution >= 4 is 32.3 Å². The maximum absolute atomic E-state index is 5.25. The topological polar surface area (TPSA) is 38.7 Å². The van der Waals surface area contributed by atoms with E-state index in [2.05, 4.69) is 163 Å². The smallest absolute Gasteiger partial charge is 0.161 e. The highest BCUT2D eigenvalue weighted by Crippen LogP contribution is 2.36. The summed E-state index contributed by atoms with van der Waals surface area (Å²) in [5, 5.41) is 7.14. The lowest BCUT2D eigenvalue weighted by Gasteiger charge is -2.13. The van der Waals surface area contributed by atoms with Crippen molar-refractivity contribution < 1.29 is 0 Å². The highest BCUT2D eigenvalue weighted by atomic mass is 14.9. The fourth-order valence-corrected chi connectivity index (χ4v) is 6.67. The van der Waals surface area contributed by atoms with Crippen molar-refractivity contribution in [2.45, 2.75) is 0 Å². The molecule has 0 saturated heterocycles. The first kappa shape index (κ1) is 27.8. The SMILES string of the molecule is c1cncc(-c2ccc(-c3ccc(-c4cc(-c5ccc6ccccc6c5)nc(-c5cc6ccccc6c6ccccc56)n4)cc3)cc2)c1. The van der Waals surface area contributed by atoms with Gasteiger partial charge in [-0.3, -0.25) is 4.98 Å². The second-order valence-electron chi connectivity index (χ2n) is 12.1. The molecule has 0 spiro atoms. The highest BCUT2D eigenvalue weighted by molar-refractivity contribution is 6.13. The van der Waals surface area contributed by atoms with E-state index in [-0.39, 0.29) is 0 Å². The molecule has 0 unspecified atom stereocenters. The van der Waals surface area contributed by atoms with Gasteiger partial charge in [-0.2, -0.15) is 0 Å². The van der Waals surface area contributed by atoms with Crippen molar-refractivity contribution in [1.82, 2.24) is 15.0 Å². The molecule has 0 N–H and O–H groups in total. The van der Waals surface area contributed by atoms with Crippen LogP contribution in [0.15, 0.2) is 176 Å². The van der Waals surface area contributed by atoms with Crippen LogP contribution >= 0.6 is 0 Å². The molecule has 0 amide bonds. The molecule has 3 nitrogen and oxygen atoms in total. The molecule has 0 fully saturated rings. The third-order valence-electron chi connectivity index (χ3n) is 9.17. The minimum Gasteiger partial charge on any atom is -0.264 e. The van der Waals surface area contributed by atoms with Crippen LogP contribution in [0.3, 0.4) is 0 Å². The van der Waals surface area contributed by atoms with Crippen LogP contribution in [0.2, 0.25) is 0 Å². The van der Waals surface area contributed by atoms with Gasteiger partial charge in [0, 0.05) is 29.1 Å². The van der Waals surface area contributed by atoms with E-state index in [4.69, 9.17) is 9.97 Å². The second-order valence-corrected chi connectivity index (χ2v) is 12.1. The molecular formula is C45H29N3. The van der Waals surface area contributed by atoms with Crippen molar-refractivity contribution in [3.63, 3.8) is 0 Å². The lowest BCUT2D eigenvalue weighted by Crippen LogP contribution is -1.97. The molecule has 0 saturated carbocycles. The molecular weight excluding hydrogens is 583 g/mol. The van der Waals surface area contributed by atoms with Crippen LogP contribution in [0.1, 0.15) is 0 Å². The zero-order valence-electron chi connectivity index (χ0n) is 26.1. The molecule has 9 aromatic rings. The van der Waals surface area contributed by atoms with E-state index < -0.39 is 0 Å². The summed E-state index contributed by atoms with van der Waals surface area (Å²) in [7, 11) is 0. The van der Waals surface area contributed by atoms with Crippen LogP contribution in [0.4, 0.5) is 0 Å². The molecule has 0 radical (unpaired) electrons. The quantitative estimate of drug-likeness (QED) is 0.182. The number of hydrogen-bond acceptors (Lipinski definition) is 3. The Morgan fingerprint density at radius 3 is 1.60 bits per heavy atom. The molecule has 224 valence electrons. The molecule has 2 aromatic heterocycles. The van der Waals surface area contributed by atoms with Gasteiger partial charge in [-0.25, -0.2) is 9.97 Å². The second kappa shape index (κ2) is 11.7. The van der Waals surface area contributed by atoms with Crippen molar-refractivity contribution in [2.24, 2.45) is 0 Å². The van der Waals surface area contributed by atoms with Crippen molar-refractivity contribution in [1.29, 1.82) is 0 Å². The van der Waals surface area contributed by atoms with Crippen LogP contribution in [0.25, 0.3) is 88.5 Å². The van der Waals surface area contributed by atoms with Crippen LogP contribution in [0, 0.1) is 0 Å². The average molecular weight is 612 g/mol. The largest absolute Gasteiger partial charge is 0.264 e. The van der Waals surface area contributed by atoms with E-state index in [1.54, 1.807) is 6.20 Å². The Labute approximate surface area is 278 Å². The van der Waals surface area contributed by atoms with Gasteiger partial charge in [-0.1, -0.05) is 140 Å². The summed E-state index contributed by atoms with van der Waals surface area (Å²) in [6.45, 7) is 0. The molecule has 7 aromatic carbocycles. The Balaban J connectivity index is 1.17. The van der Waals surface area contributed by atoms with Gasteiger partial charge in [-0.15, -0.1) is 0 Å². The summed E-state index contributed by atoms with van der Waals surface area (Å²) in [5.74, 6) is 0.715. The molecule has 0 bridgehead atoms. The number of rotatable bonds is 5. The summed E-state index contributed by atoms with van der Waals surface area (Å²) >= 11 is 0. The molecule has 9 rings (SSSR count). The first-order valence-corrected chi connectivity index (χ1v) is 16.2. The zero-order chi connectivity index (χ0) is 31.9. The van der Waals surface area contributed by atoms with Gasteiger partial charge in [-0.05, 0) is 78.8 Å². The van der Waals surface area contributed by atoms with E-state index in [0.717, 1.165) is 55.7 Å². The van der Waals surface area contributed by atoms with Crippen LogP contribution < -0.4 is 0 Å². The maximum Gasteiger partial charge on any atom is 0.161 e. The first-order chi connectivity index (χ1) is 23.8. The van der Waals surface area contributed by atoms with Crippen molar-refractivity contribution in [3.8, 4) is 56.2 Å². The van der Waals surface area contributed by atoms with Gasteiger partial charge < -0.3 is 0 Å². The fraction of sp³-hybridized carbons (Fsp3) is 0. The van der Waals surface area contributed by atoms with E-state index in [1.807, 2.05) is 12.3 Å². The number of benzene rings is 7. The lowest BCUT2D eigenvalue weighted by molar-refractivity contribution is 1.19. The van der Waals surface area contributed by atoms with Crippen LogP contribution in [-0.4, -0.2) is 15.0 Å². The predicted molar refractivity (Wildman–Crippen MR) is 200 cm³/mol. The first-order valence-electron chi connectivity index (χ1n) is 16.2. The molecule has 3 heteroatoms. The number of fused-ring (bicyclic) bond motifs is 4. The molecule has 2 heterocycles. The minimum absolute atomic E-state index is 0.715. The van der Waals surface area contributed by atoms with Gasteiger partial charge in [0.1, 0.15) is 0 Å².